The summed E-state index contributed by atoms with van der Waals surface area (Å²) in [5, 5.41) is 7.02. The molecule has 1 saturated heterocycles. The summed E-state index contributed by atoms with van der Waals surface area (Å²) in [6.07, 6.45) is 8.54. The van der Waals surface area contributed by atoms with Crippen LogP contribution in [0.25, 0.3) is 0 Å². The van der Waals surface area contributed by atoms with E-state index in [4.69, 9.17) is 4.74 Å². The third-order valence-corrected chi connectivity index (χ3v) is 5.64. The standard InChI is InChI=1S/C22H30N2O2/c1-15(2)8-7-9-16(3)12-13-22-14-19(20(25)26-4)24-21(22)23-18-11-6-5-10-17(18)22/h5-6,8,10-12,19,21,23-24H,7,9,13-14H2,1-4H3/b16-12+/t19-,21-,22-/m0/s1. The number of fused-ring (bicyclic) bond motifs is 3. The number of anilines is 1. The van der Waals surface area contributed by atoms with Gasteiger partial charge in [-0.25, -0.2) is 0 Å². The first kappa shape index (κ1) is 18.7. The Kier molecular flexibility index (Phi) is 5.52. The molecule has 2 heterocycles. The Balaban J connectivity index is 1.82. The van der Waals surface area contributed by atoms with E-state index in [1.165, 1.54) is 29.5 Å². The van der Waals surface area contributed by atoms with Gasteiger partial charge in [0.25, 0.3) is 0 Å². The first-order valence-electron chi connectivity index (χ1n) is 9.45. The first-order valence-corrected chi connectivity index (χ1v) is 9.45. The molecule has 2 aliphatic heterocycles. The fourth-order valence-corrected chi connectivity index (χ4v) is 4.20. The number of carbonyl (C=O) groups excluding carboxylic acids is 1. The van der Waals surface area contributed by atoms with Crippen LogP contribution in [0.2, 0.25) is 0 Å². The molecule has 26 heavy (non-hydrogen) atoms. The summed E-state index contributed by atoms with van der Waals surface area (Å²) in [6.45, 7) is 6.49. The summed E-state index contributed by atoms with van der Waals surface area (Å²) in [4.78, 5) is 12.1. The van der Waals surface area contributed by atoms with Gasteiger partial charge in [-0.1, -0.05) is 41.5 Å². The summed E-state index contributed by atoms with van der Waals surface area (Å²) in [6, 6.07) is 8.19. The largest absolute Gasteiger partial charge is 0.468 e. The van der Waals surface area contributed by atoms with E-state index >= 15 is 0 Å². The third-order valence-electron chi connectivity index (χ3n) is 5.64. The highest BCUT2D eigenvalue weighted by atomic mass is 16.5. The predicted octanol–water partition coefficient (Wildman–Crippen LogP) is 4.29. The first-order chi connectivity index (χ1) is 12.5. The average molecular weight is 354 g/mol. The molecule has 0 amide bonds. The Bertz CT molecular complexity index is 733. The van der Waals surface area contributed by atoms with Crippen molar-refractivity contribution in [3.8, 4) is 0 Å². The number of methoxy groups -OCH3 is 1. The summed E-state index contributed by atoms with van der Waals surface area (Å²) in [5.41, 5.74) is 5.14. The number of benzene rings is 1. The van der Waals surface area contributed by atoms with Gasteiger partial charge in [-0.3, -0.25) is 10.1 Å². The second-order valence-corrected chi connectivity index (χ2v) is 7.80. The van der Waals surface area contributed by atoms with Crippen molar-refractivity contribution in [2.24, 2.45) is 0 Å². The van der Waals surface area contributed by atoms with Gasteiger partial charge in [0.1, 0.15) is 6.04 Å². The SMILES string of the molecule is COC(=O)[C@@H]1C[C@@]2(C/C=C(\C)CCC=C(C)C)c3ccccc3N[C@H]2N1. The van der Waals surface area contributed by atoms with Crippen molar-refractivity contribution in [3.63, 3.8) is 0 Å². The lowest BCUT2D eigenvalue weighted by atomic mass is 9.75. The molecule has 140 valence electrons. The minimum absolute atomic E-state index is 0.0610. The second kappa shape index (κ2) is 7.67. The molecule has 4 heteroatoms. The minimum atomic E-state index is -0.259. The number of allylic oxidation sites excluding steroid dienone is 4. The number of esters is 1. The van der Waals surface area contributed by atoms with Gasteiger partial charge in [0.2, 0.25) is 0 Å². The molecule has 3 rings (SSSR count). The Morgan fingerprint density at radius 2 is 2.04 bits per heavy atom. The number of para-hydroxylation sites is 1. The molecule has 0 bridgehead atoms. The van der Waals surface area contributed by atoms with E-state index in [9.17, 15) is 4.79 Å². The lowest BCUT2D eigenvalue weighted by Gasteiger charge is -2.28. The van der Waals surface area contributed by atoms with Crippen LogP contribution >= 0.6 is 0 Å². The third kappa shape index (κ3) is 3.56. The van der Waals surface area contributed by atoms with Gasteiger partial charge >= 0.3 is 5.97 Å². The van der Waals surface area contributed by atoms with Gasteiger partial charge in [0, 0.05) is 11.1 Å². The molecule has 2 aliphatic rings. The summed E-state index contributed by atoms with van der Waals surface area (Å²) in [5.74, 6) is -0.178. The topological polar surface area (TPSA) is 50.4 Å². The van der Waals surface area contributed by atoms with E-state index in [2.05, 4.69) is 67.8 Å². The van der Waals surface area contributed by atoms with Crippen LogP contribution in [0.4, 0.5) is 5.69 Å². The zero-order valence-corrected chi connectivity index (χ0v) is 16.3. The van der Waals surface area contributed by atoms with Crippen LogP contribution in [0.15, 0.2) is 47.6 Å². The molecule has 0 aliphatic carbocycles. The van der Waals surface area contributed by atoms with Crippen molar-refractivity contribution in [1.82, 2.24) is 5.32 Å². The fraction of sp³-hybridized carbons (Fsp3) is 0.500. The molecular weight excluding hydrogens is 324 g/mol. The van der Waals surface area contributed by atoms with Crippen LogP contribution in [0.1, 0.15) is 52.0 Å². The lowest BCUT2D eigenvalue weighted by Crippen LogP contribution is -2.43. The Hall–Kier alpha value is -2.07. The highest BCUT2D eigenvalue weighted by Gasteiger charge is 2.54. The van der Waals surface area contributed by atoms with Crippen LogP contribution in [0.5, 0.6) is 0 Å². The van der Waals surface area contributed by atoms with E-state index in [-0.39, 0.29) is 23.6 Å². The van der Waals surface area contributed by atoms with Crippen LogP contribution in [-0.4, -0.2) is 25.3 Å². The monoisotopic (exact) mass is 354 g/mol. The van der Waals surface area contributed by atoms with Crippen molar-refractivity contribution in [2.75, 3.05) is 12.4 Å². The fourth-order valence-electron chi connectivity index (χ4n) is 4.20. The molecule has 2 N–H and O–H groups in total. The van der Waals surface area contributed by atoms with E-state index in [0.29, 0.717) is 0 Å². The number of nitrogens with one attached hydrogen (secondary N) is 2. The highest BCUT2D eigenvalue weighted by molar-refractivity contribution is 5.78. The van der Waals surface area contributed by atoms with E-state index < -0.39 is 0 Å². The lowest BCUT2D eigenvalue weighted by molar-refractivity contribution is -0.142. The average Bonchev–Trinajstić information content (AvgIpc) is 3.12. The molecule has 4 nitrogen and oxygen atoms in total. The Labute approximate surface area is 156 Å². The molecule has 0 unspecified atom stereocenters. The van der Waals surface area contributed by atoms with Gasteiger partial charge < -0.3 is 10.1 Å². The molecule has 0 aromatic heterocycles. The summed E-state index contributed by atoms with van der Waals surface area (Å²) < 4.78 is 4.98. The van der Waals surface area contributed by atoms with Crippen molar-refractivity contribution < 1.29 is 9.53 Å². The maximum absolute atomic E-state index is 12.1. The van der Waals surface area contributed by atoms with Gasteiger partial charge in [-0.2, -0.15) is 0 Å². The summed E-state index contributed by atoms with van der Waals surface area (Å²) in [7, 11) is 1.46. The molecule has 0 saturated carbocycles. The molecule has 0 spiro atoms. The van der Waals surface area contributed by atoms with E-state index in [1.54, 1.807) is 0 Å². The molecule has 1 fully saturated rings. The summed E-state index contributed by atoms with van der Waals surface area (Å²) >= 11 is 0. The van der Waals surface area contributed by atoms with Crippen LogP contribution < -0.4 is 10.6 Å². The number of hydrogen-bond acceptors (Lipinski definition) is 4. The zero-order valence-electron chi connectivity index (χ0n) is 16.3. The Morgan fingerprint density at radius 1 is 1.27 bits per heavy atom. The normalized spacial score (nSPS) is 26.7. The highest BCUT2D eigenvalue weighted by Crippen LogP contribution is 2.49. The van der Waals surface area contributed by atoms with Crippen molar-refractivity contribution in [3.05, 3.63) is 53.1 Å². The van der Waals surface area contributed by atoms with Gasteiger partial charge in [0.15, 0.2) is 0 Å². The smallest absolute Gasteiger partial charge is 0.322 e. The maximum atomic E-state index is 12.1. The number of rotatable bonds is 6. The number of hydrogen-bond donors (Lipinski definition) is 2. The quantitative estimate of drug-likeness (QED) is 0.591. The minimum Gasteiger partial charge on any atom is -0.468 e. The van der Waals surface area contributed by atoms with Crippen LogP contribution in [0, 0.1) is 0 Å². The molecular formula is C22H30N2O2. The van der Waals surface area contributed by atoms with Crippen LogP contribution in [-0.2, 0) is 14.9 Å². The van der Waals surface area contributed by atoms with Crippen LogP contribution in [0.3, 0.4) is 0 Å². The van der Waals surface area contributed by atoms with Crippen molar-refractivity contribution >= 4 is 11.7 Å². The van der Waals surface area contributed by atoms with E-state index in [0.717, 1.165) is 25.7 Å². The Morgan fingerprint density at radius 3 is 2.77 bits per heavy atom. The molecule has 3 atom stereocenters. The number of ether oxygens (including phenoxy) is 1. The molecule has 1 aromatic rings. The van der Waals surface area contributed by atoms with Crippen molar-refractivity contribution in [1.29, 1.82) is 0 Å². The van der Waals surface area contributed by atoms with Crippen molar-refractivity contribution in [2.45, 2.75) is 64.1 Å². The van der Waals surface area contributed by atoms with E-state index in [1.807, 2.05) is 0 Å². The predicted molar refractivity (Wildman–Crippen MR) is 106 cm³/mol. The van der Waals surface area contributed by atoms with Gasteiger partial charge in [-0.05, 0) is 58.1 Å². The molecule has 1 aromatic carbocycles. The van der Waals surface area contributed by atoms with Gasteiger partial charge in [-0.15, -0.1) is 0 Å². The number of carbonyl (C=O) groups is 1. The maximum Gasteiger partial charge on any atom is 0.322 e. The zero-order chi connectivity index (χ0) is 18.7. The van der Waals surface area contributed by atoms with Gasteiger partial charge in [0.05, 0.1) is 13.3 Å². The molecule has 0 radical (unpaired) electrons. The second-order valence-electron chi connectivity index (χ2n) is 7.80.